The minimum absolute atomic E-state index is 0.201. The van der Waals surface area contributed by atoms with Gasteiger partial charge in [-0.3, -0.25) is 4.79 Å². The second kappa shape index (κ2) is 8.21. The zero-order valence-corrected chi connectivity index (χ0v) is 15.5. The van der Waals surface area contributed by atoms with Crippen LogP contribution in [0.3, 0.4) is 0 Å². The van der Waals surface area contributed by atoms with Gasteiger partial charge in [-0.25, -0.2) is 5.43 Å². The summed E-state index contributed by atoms with van der Waals surface area (Å²) < 4.78 is 5.39. The first kappa shape index (κ1) is 18.2. The highest BCUT2D eigenvalue weighted by atomic mass is 35.5. The van der Waals surface area contributed by atoms with Crippen LogP contribution in [0.5, 0.6) is 5.75 Å². The van der Waals surface area contributed by atoms with Gasteiger partial charge in [0.05, 0.1) is 10.7 Å². The molecule has 1 amide bonds. The van der Waals surface area contributed by atoms with Crippen molar-refractivity contribution in [2.75, 3.05) is 6.61 Å². The van der Waals surface area contributed by atoms with E-state index in [9.17, 15) is 4.79 Å². The molecule has 0 radical (unpaired) electrons. The lowest BCUT2D eigenvalue weighted by Crippen LogP contribution is -2.25. The van der Waals surface area contributed by atoms with Crippen LogP contribution in [0.25, 0.3) is 10.8 Å². The molecule has 0 aliphatic heterocycles. The number of halogens is 2. The predicted octanol–water partition coefficient (Wildman–Crippen LogP) is 5.07. The van der Waals surface area contributed by atoms with Gasteiger partial charge < -0.3 is 4.74 Å². The Morgan fingerprint density at radius 1 is 1.08 bits per heavy atom. The Balaban J connectivity index is 1.65. The third kappa shape index (κ3) is 4.34. The number of carbonyl (C=O) groups excluding carboxylic acids is 1. The van der Waals surface area contributed by atoms with Crippen molar-refractivity contribution >= 4 is 45.6 Å². The average molecular weight is 387 g/mol. The summed E-state index contributed by atoms with van der Waals surface area (Å²) in [5.41, 5.74) is 4.17. The lowest BCUT2D eigenvalue weighted by atomic mass is 10.0. The Labute approximate surface area is 161 Å². The third-order valence-corrected chi connectivity index (χ3v) is 4.31. The maximum absolute atomic E-state index is 12.0. The summed E-state index contributed by atoms with van der Waals surface area (Å²) in [6.07, 6.45) is 0. The van der Waals surface area contributed by atoms with Crippen LogP contribution < -0.4 is 10.2 Å². The fourth-order valence-electron chi connectivity index (χ4n) is 2.52. The molecule has 0 spiro atoms. The first-order chi connectivity index (χ1) is 12.5. The van der Waals surface area contributed by atoms with Crippen LogP contribution in [0, 0.1) is 0 Å². The molecule has 6 heteroatoms. The predicted molar refractivity (Wildman–Crippen MR) is 106 cm³/mol. The number of amides is 1. The van der Waals surface area contributed by atoms with E-state index in [1.807, 2.05) is 49.4 Å². The molecule has 0 aromatic heterocycles. The fourth-order valence-corrected chi connectivity index (χ4v) is 2.98. The molecule has 0 heterocycles. The van der Waals surface area contributed by atoms with Gasteiger partial charge in [-0.15, -0.1) is 0 Å². The van der Waals surface area contributed by atoms with E-state index in [2.05, 4.69) is 10.5 Å². The van der Waals surface area contributed by atoms with Gasteiger partial charge in [0, 0.05) is 10.6 Å². The highest BCUT2D eigenvalue weighted by molar-refractivity contribution is 6.35. The van der Waals surface area contributed by atoms with E-state index in [1.54, 1.807) is 18.2 Å². The molecule has 1 N–H and O–H groups in total. The lowest BCUT2D eigenvalue weighted by molar-refractivity contribution is -0.123. The van der Waals surface area contributed by atoms with Crippen LogP contribution in [0.1, 0.15) is 12.5 Å². The summed E-state index contributed by atoms with van der Waals surface area (Å²) in [5.74, 6) is 0.0107. The van der Waals surface area contributed by atoms with Gasteiger partial charge in [0.15, 0.2) is 6.61 Å². The second-order valence-corrected chi connectivity index (χ2v) is 6.47. The molecule has 0 aliphatic rings. The van der Waals surface area contributed by atoms with Crippen LogP contribution in [0.15, 0.2) is 65.8 Å². The van der Waals surface area contributed by atoms with E-state index >= 15 is 0 Å². The molecular weight excluding hydrogens is 371 g/mol. The minimum atomic E-state index is -0.379. The van der Waals surface area contributed by atoms with Gasteiger partial charge in [0.1, 0.15) is 5.75 Å². The molecule has 0 saturated heterocycles. The zero-order chi connectivity index (χ0) is 18.5. The summed E-state index contributed by atoms with van der Waals surface area (Å²) in [7, 11) is 0. The molecular formula is C20H16Cl2N2O2. The van der Waals surface area contributed by atoms with Crippen molar-refractivity contribution in [2.24, 2.45) is 5.10 Å². The SMILES string of the molecule is CC(=NNC(=O)COc1ccc(Cl)cc1Cl)c1cccc2ccccc12. The van der Waals surface area contributed by atoms with Crippen LogP contribution in [0.4, 0.5) is 0 Å². The fraction of sp³-hybridized carbons (Fsp3) is 0.100. The molecule has 0 bridgehead atoms. The maximum atomic E-state index is 12.0. The van der Waals surface area contributed by atoms with Crippen molar-refractivity contribution < 1.29 is 9.53 Å². The van der Waals surface area contributed by atoms with Crippen LogP contribution >= 0.6 is 23.2 Å². The summed E-state index contributed by atoms with van der Waals surface area (Å²) >= 11 is 11.8. The molecule has 26 heavy (non-hydrogen) atoms. The summed E-state index contributed by atoms with van der Waals surface area (Å²) in [6.45, 7) is 1.65. The number of rotatable bonds is 5. The number of benzene rings is 3. The summed E-state index contributed by atoms with van der Waals surface area (Å²) in [6, 6.07) is 18.8. The quantitative estimate of drug-likeness (QED) is 0.491. The molecule has 3 aromatic carbocycles. The summed E-state index contributed by atoms with van der Waals surface area (Å²) in [5, 5.41) is 7.22. The monoisotopic (exact) mass is 386 g/mol. The number of nitrogens with one attached hydrogen (secondary N) is 1. The number of ether oxygens (including phenoxy) is 1. The first-order valence-corrected chi connectivity index (χ1v) is 8.69. The third-order valence-electron chi connectivity index (χ3n) is 3.78. The van der Waals surface area contributed by atoms with Crippen LogP contribution in [-0.4, -0.2) is 18.2 Å². The van der Waals surface area contributed by atoms with Crippen molar-refractivity contribution in [1.82, 2.24) is 5.43 Å². The van der Waals surface area contributed by atoms with E-state index in [-0.39, 0.29) is 12.5 Å². The lowest BCUT2D eigenvalue weighted by Gasteiger charge is -2.08. The number of hydrogen-bond donors (Lipinski definition) is 1. The van der Waals surface area contributed by atoms with Crippen LogP contribution in [0.2, 0.25) is 10.0 Å². The van der Waals surface area contributed by atoms with Crippen LogP contribution in [-0.2, 0) is 4.79 Å². The number of fused-ring (bicyclic) bond motifs is 1. The molecule has 0 aliphatic carbocycles. The van der Waals surface area contributed by atoms with Crippen molar-refractivity contribution in [3.63, 3.8) is 0 Å². The van der Waals surface area contributed by atoms with Gasteiger partial charge in [0.25, 0.3) is 5.91 Å². The van der Waals surface area contributed by atoms with Crippen molar-refractivity contribution in [2.45, 2.75) is 6.92 Å². The first-order valence-electron chi connectivity index (χ1n) is 7.94. The number of nitrogens with zero attached hydrogens (tertiary/aromatic N) is 1. The minimum Gasteiger partial charge on any atom is -0.482 e. The largest absolute Gasteiger partial charge is 0.482 e. The van der Waals surface area contributed by atoms with E-state index in [4.69, 9.17) is 27.9 Å². The molecule has 0 fully saturated rings. The highest BCUT2D eigenvalue weighted by Gasteiger charge is 2.07. The van der Waals surface area contributed by atoms with Crippen molar-refractivity contribution in [3.8, 4) is 5.75 Å². The van der Waals surface area contributed by atoms with E-state index < -0.39 is 0 Å². The summed E-state index contributed by atoms with van der Waals surface area (Å²) in [4.78, 5) is 12.0. The average Bonchev–Trinajstić information content (AvgIpc) is 2.65. The molecule has 132 valence electrons. The smallest absolute Gasteiger partial charge is 0.277 e. The van der Waals surface area contributed by atoms with E-state index in [0.717, 1.165) is 16.3 Å². The topological polar surface area (TPSA) is 50.7 Å². The molecule has 0 saturated carbocycles. The van der Waals surface area contributed by atoms with Crippen molar-refractivity contribution in [1.29, 1.82) is 0 Å². The molecule has 0 unspecified atom stereocenters. The molecule has 0 atom stereocenters. The molecule has 4 nitrogen and oxygen atoms in total. The standard InChI is InChI=1S/C20H16Cl2N2O2/c1-13(16-8-4-6-14-5-2-3-7-17(14)16)23-24-20(25)12-26-19-10-9-15(21)11-18(19)22/h2-11H,12H2,1H3,(H,24,25). The maximum Gasteiger partial charge on any atom is 0.277 e. The highest BCUT2D eigenvalue weighted by Crippen LogP contribution is 2.27. The number of carbonyl (C=O) groups is 1. The Hall–Kier alpha value is -2.56. The Morgan fingerprint density at radius 2 is 1.85 bits per heavy atom. The van der Waals surface area contributed by atoms with E-state index in [1.165, 1.54) is 0 Å². The van der Waals surface area contributed by atoms with Crippen molar-refractivity contribution in [3.05, 3.63) is 76.3 Å². The van der Waals surface area contributed by atoms with Gasteiger partial charge in [-0.2, -0.15) is 5.10 Å². The second-order valence-electron chi connectivity index (χ2n) is 5.62. The Morgan fingerprint density at radius 3 is 2.65 bits per heavy atom. The Kier molecular flexibility index (Phi) is 5.76. The number of hydrazone groups is 1. The van der Waals surface area contributed by atoms with Gasteiger partial charge in [-0.05, 0) is 35.9 Å². The number of hydrogen-bond acceptors (Lipinski definition) is 3. The van der Waals surface area contributed by atoms with E-state index in [0.29, 0.717) is 21.5 Å². The van der Waals surface area contributed by atoms with Gasteiger partial charge in [0.2, 0.25) is 0 Å². The Bertz CT molecular complexity index is 981. The van der Waals surface area contributed by atoms with Gasteiger partial charge in [-0.1, -0.05) is 65.7 Å². The molecule has 3 rings (SSSR count). The normalized spacial score (nSPS) is 11.4. The zero-order valence-electron chi connectivity index (χ0n) is 14.0. The molecule has 3 aromatic rings. The van der Waals surface area contributed by atoms with Gasteiger partial charge >= 0.3 is 0 Å².